The first kappa shape index (κ1) is 17.7. The van der Waals surface area contributed by atoms with Gasteiger partial charge in [0.05, 0.1) is 0 Å². The Morgan fingerprint density at radius 1 is 0.875 bits per heavy atom. The summed E-state index contributed by atoms with van der Waals surface area (Å²) >= 11 is 0. The Bertz CT molecular complexity index is 674. The van der Waals surface area contributed by atoms with Crippen molar-refractivity contribution in [2.24, 2.45) is 0 Å². The molecule has 3 N–H and O–H groups in total. The van der Waals surface area contributed by atoms with Crippen LogP contribution in [0.3, 0.4) is 0 Å². The molecular formula is C19H23N3O2. The molecule has 2 rings (SSSR count). The summed E-state index contributed by atoms with van der Waals surface area (Å²) in [5.74, 6) is -0.551. The topological polar surface area (TPSA) is 70.2 Å². The second-order valence-corrected chi connectivity index (χ2v) is 5.81. The number of rotatable bonds is 7. The average molecular weight is 325 g/mol. The van der Waals surface area contributed by atoms with Crippen LogP contribution in [-0.2, 0) is 22.7 Å². The maximum Gasteiger partial charge on any atom is 0.260 e. The van der Waals surface area contributed by atoms with Crippen LogP contribution in [0, 0.1) is 0 Å². The molecular weight excluding hydrogens is 302 g/mol. The zero-order chi connectivity index (χ0) is 17.4. The van der Waals surface area contributed by atoms with Crippen molar-refractivity contribution < 1.29 is 9.59 Å². The van der Waals surface area contributed by atoms with Gasteiger partial charge in [0.1, 0.15) is 0 Å². The fourth-order valence-corrected chi connectivity index (χ4v) is 2.36. The Hall–Kier alpha value is -2.66. The monoisotopic (exact) mass is 325 g/mol. The van der Waals surface area contributed by atoms with Gasteiger partial charge < -0.3 is 10.6 Å². The number of benzene rings is 2. The van der Waals surface area contributed by atoms with Gasteiger partial charge in [0.2, 0.25) is 5.91 Å². The van der Waals surface area contributed by atoms with Gasteiger partial charge in [-0.05, 0) is 18.1 Å². The lowest BCUT2D eigenvalue weighted by molar-refractivity contribution is -0.133. The van der Waals surface area contributed by atoms with Crippen LogP contribution in [0.4, 0.5) is 0 Å². The van der Waals surface area contributed by atoms with Crippen molar-refractivity contribution in [3.63, 3.8) is 0 Å². The number of carbonyl (C=O) groups is 2. The smallest absolute Gasteiger partial charge is 0.260 e. The molecule has 0 saturated carbocycles. The molecule has 0 aliphatic heterocycles. The van der Waals surface area contributed by atoms with E-state index in [9.17, 15) is 9.59 Å². The molecule has 5 heteroatoms. The molecule has 5 nitrogen and oxygen atoms in total. The van der Waals surface area contributed by atoms with Gasteiger partial charge >= 0.3 is 0 Å². The Morgan fingerprint density at radius 2 is 1.38 bits per heavy atom. The molecule has 1 unspecified atom stereocenters. The van der Waals surface area contributed by atoms with Gasteiger partial charge in [0.15, 0.2) is 5.66 Å². The molecule has 0 radical (unpaired) electrons. The predicted molar refractivity (Wildman–Crippen MR) is 93.8 cm³/mol. The summed E-state index contributed by atoms with van der Waals surface area (Å²) in [6.45, 7) is 3.93. The van der Waals surface area contributed by atoms with Crippen molar-refractivity contribution in [2.45, 2.75) is 32.6 Å². The van der Waals surface area contributed by atoms with E-state index >= 15 is 0 Å². The third-order valence-corrected chi connectivity index (χ3v) is 3.66. The van der Waals surface area contributed by atoms with Crippen molar-refractivity contribution in [1.29, 1.82) is 0 Å². The predicted octanol–water partition coefficient (Wildman–Crippen LogP) is 1.94. The lowest BCUT2D eigenvalue weighted by Gasteiger charge is -2.30. The zero-order valence-electron chi connectivity index (χ0n) is 14.0. The summed E-state index contributed by atoms with van der Waals surface area (Å²) in [5.41, 5.74) is 0.847. The fourth-order valence-electron chi connectivity index (χ4n) is 2.36. The zero-order valence-corrected chi connectivity index (χ0v) is 14.0. The van der Waals surface area contributed by atoms with Crippen LogP contribution in [0.5, 0.6) is 0 Å². The highest BCUT2D eigenvalue weighted by Gasteiger charge is 2.33. The van der Waals surface area contributed by atoms with Crippen LogP contribution in [0.2, 0.25) is 0 Å². The Kier molecular flexibility index (Phi) is 6.09. The van der Waals surface area contributed by atoms with Gasteiger partial charge in [-0.25, -0.2) is 0 Å². The van der Waals surface area contributed by atoms with E-state index < -0.39 is 5.66 Å². The summed E-state index contributed by atoms with van der Waals surface area (Å²) in [7, 11) is 0. The third-order valence-electron chi connectivity index (χ3n) is 3.66. The Balaban J connectivity index is 2.02. The van der Waals surface area contributed by atoms with Crippen LogP contribution in [-0.4, -0.2) is 17.5 Å². The van der Waals surface area contributed by atoms with Gasteiger partial charge in [-0.2, -0.15) is 0 Å². The minimum absolute atomic E-state index is 0.270. The third kappa shape index (κ3) is 5.21. The van der Waals surface area contributed by atoms with Crippen LogP contribution in [0.15, 0.2) is 60.7 Å². The molecule has 0 fully saturated rings. The number of nitrogens with one attached hydrogen (secondary N) is 3. The lowest BCUT2D eigenvalue weighted by Crippen LogP contribution is -2.64. The highest BCUT2D eigenvalue weighted by molar-refractivity contribution is 5.90. The molecule has 0 aliphatic carbocycles. The Labute approximate surface area is 142 Å². The van der Waals surface area contributed by atoms with E-state index in [1.54, 1.807) is 6.92 Å². The number of hydrogen-bond donors (Lipinski definition) is 3. The van der Waals surface area contributed by atoms with Gasteiger partial charge in [-0.3, -0.25) is 14.9 Å². The summed E-state index contributed by atoms with van der Waals surface area (Å²) in [6.07, 6.45) is 0. The number of amides is 2. The van der Waals surface area contributed by atoms with Crippen molar-refractivity contribution in [3.8, 4) is 0 Å². The first-order valence-electron chi connectivity index (χ1n) is 7.89. The maximum atomic E-state index is 12.6. The van der Waals surface area contributed by atoms with Crippen LogP contribution in [0.1, 0.15) is 25.0 Å². The second kappa shape index (κ2) is 8.26. The normalized spacial score (nSPS) is 12.9. The highest BCUT2D eigenvalue weighted by atomic mass is 16.2. The molecule has 2 aromatic carbocycles. The van der Waals surface area contributed by atoms with Crippen molar-refractivity contribution >= 4 is 11.8 Å². The van der Waals surface area contributed by atoms with Gasteiger partial charge in [-0.15, -0.1) is 0 Å². The molecule has 0 aromatic heterocycles. The molecule has 0 aliphatic rings. The van der Waals surface area contributed by atoms with Crippen LogP contribution in [0.25, 0.3) is 0 Å². The molecule has 0 bridgehead atoms. The Morgan fingerprint density at radius 3 is 1.88 bits per heavy atom. The molecule has 0 heterocycles. The van der Waals surface area contributed by atoms with Crippen molar-refractivity contribution in [3.05, 3.63) is 71.8 Å². The minimum Gasteiger partial charge on any atom is -0.349 e. The molecule has 0 spiro atoms. The van der Waals surface area contributed by atoms with E-state index in [1.165, 1.54) is 6.92 Å². The van der Waals surface area contributed by atoms with E-state index in [2.05, 4.69) is 16.0 Å². The van der Waals surface area contributed by atoms with E-state index in [0.717, 1.165) is 11.1 Å². The molecule has 1 atom stereocenters. The largest absolute Gasteiger partial charge is 0.349 e. The molecule has 126 valence electrons. The SMILES string of the molecule is CC(=O)NC(C)(NCc1ccccc1)C(=O)NCc1ccccc1. The van der Waals surface area contributed by atoms with Gasteiger partial charge in [-0.1, -0.05) is 60.7 Å². The summed E-state index contributed by atoms with van der Waals surface area (Å²) < 4.78 is 0. The highest BCUT2D eigenvalue weighted by Crippen LogP contribution is 2.06. The van der Waals surface area contributed by atoms with Gasteiger partial charge in [0.25, 0.3) is 5.91 Å². The second-order valence-electron chi connectivity index (χ2n) is 5.81. The van der Waals surface area contributed by atoms with Crippen molar-refractivity contribution in [1.82, 2.24) is 16.0 Å². The summed E-state index contributed by atoms with van der Waals surface area (Å²) in [6, 6.07) is 19.4. The first-order valence-corrected chi connectivity index (χ1v) is 7.89. The molecule has 2 amide bonds. The lowest BCUT2D eigenvalue weighted by atomic mass is 10.1. The maximum absolute atomic E-state index is 12.6. The first-order chi connectivity index (χ1) is 11.5. The van der Waals surface area contributed by atoms with Crippen molar-refractivity contribution in [2.75, 3.05) is 0 Å². The molecule has 2 aromatic rings. The van der Waals surface area contributed by atoms with E-state index in [1.807, 2.05) is 60.7 Å². The summed E-state index contributed by atoms with van der Waals surface area (Å²) in [5, 5.41) is 8.70. The number of hydrogen-bond acceptors (Lipinski definition) is 3. The van der Waals surface area contributed by atoms with Crippen LogP contribution >= 0.6 is 0 Å². The average Bonchev–Trinajstić information content (AvgIpc) is 2.59. The van der Waals surface area contributed by atoms with E-state index in [-0.39, 0.29) is 11.8 Å². The molecule has 24 heavy (non-hydrogen) atoms. The fraction of sp³-hybridized carbons (Fsp3) is 0.263. The molecule has 0 saturated heterocycles. The quantitative estimate of drug-likeness (QED) is 0.682. The van der Waals surface area contributed by atoms with Gasteiger partial charge in [0, 0.05) is 20.0 Å². The van der Waals surface area contributed by atoms with Crippen LogP contribution < -0.4 is 16.0 Å². The summed E-state index contributed by atoms with van der Waals surface area (Å²) in [4.78, 5) is 24.1. The standard InChI is InChI=1S/C19H23N3O2/c1-15(23)22-19(2,21-14-17-11-7-4-8-12-17)18(24)20-13-16-9-5-3-6-10-16/h3-12,21H,13-14H2,1-2H3,(H,20,24)(H,22,23). The number of carbonyl (C=O) groups excluding carboxylic acids is 2. The van der Waals surface area contributed by atoms with E-state index in [0.29, 0.717) is 13.1 Å². The van der Waals surface area contributed by atoms with E-state index in [4.69, 9.17) is 0 Å². The minimum atomic E-state index is -1.18.